The van der Waals surface area contributed by atoms with Crippen molar-refractivity contribution in [1.29, 1.82) is 5.26 Å². The van der Waals surface area contributed by atoms with Gasteiger partial charge in [-0.25, -0.2) is 15.0 Å². The van der Waals surface area contributed by atoms with Crippen LogP contribution < -0.4 is 5.32 Å². The average molecular weight is 396 g/mol. The van der Waals surface area contributed by atoms with Gasteiger partial charge in [0.15, 0.2) is 5.82 Å². The van der Waals surface area contributed by atoms with Crippen LogP contribution in [-0.2, 0) is 10.7 Å². The number of halogens is 2. The number of anilines is 1. The third kappa shape index (κ3) is 3.53. The molecule has 4 rings (SSSR count). The molecule has 3 aromatic rings. The van der Waals surface area contributed by atoms with Gasteiger partial charge in [-0.1, -0.05) is 0 Å². The zero-order valence-corrected chi connectivity index (χ0v) is 16.1. The summed E-state index contributed by atoms with van der Waals surface area (Å²) < 4.78 is 29.7. The van der Waals surface area contributed by atoms with E-state index in [4.69, 9.17) is 0 Å². The molecule has 0 aliphatic heterocycles. The van der Waals surface area contributed by atoms with E-state index in [9.17, 15) is 18.8 Å². The molecule has 2 unspecified atom stereocenters. The van der Waals surface area contributed by atoms with Crippen LogP contribution in [0.4, 0.5) is 14.6 Å². The lowest BCUT2D eigenvalue weighted by atomic mass is 10.1. The number of carbonyl (C=O) groups excluding carboxylic acids is 1. The van der Waals surface area contributed by atoms with Gasteiger partial charge in [0.1, 0.15) is 5.82 Å². The number of aromatic nitrogens is 4. The number of nitrogens with zero attached hydrogens (tertiary/aromatic N) is 5. The van der Waals surface area contributed by atoms with Crippen LogP contribution in [0.2, 0.25) is 0 Å². The molecule has 0 saturated heterocycles. The SMILES string of the molecule is CC(=O)Nc1cc2c(-c3cc(C)nc(C(C)(F)F)n3)cn(C3CC3C#N)c2cn1. The fourth-order valence-electron chi connectivity index (χ4n) is 3.41. The summed E-state index contributed by atoms with van der Waals surface area (Å²) in [5, 5.41) is 12.5. The minimum atomic E-state index is -3.18. The van der Waals surface area contributed by atoms with E-state index < -0.39 is 11.7 Å². The Labute approximate surface area is 165 Å². The van der Waals surface area contributed by atoms with E-state index >= 15 is 0 Å². The summed E-state index contributed by atoms with van der Waals surface area (Å²) in [6.07, 6.45) is 4.14. The molecule has 9 heteroatoms. The van der Waals surface area contributed by atoms with Crippen molar-refractivity contribution in [2.45, 2.75) is 39.2 Å². The Bertz CT molecular complexity index is 1170. The highest BCUT2D eigenvalue weighted by Gasteiger charge is 2.40. The predicted octanol–water partition coefficient (Wildman–Crippen LogP) is 3.96. The number of fused-ring (bicyclic) bond motifs is 1. The normalized spacial score (nSPS) is 18.5. The zero-order chi connectivity index (χ0) is 20.9. The number of alkyl halides is 2. The van der Waals surface area contributed by atoms with Gasteiger partial charge in [0.25, 0.3) is 0 Å². The van der Waals surface area contributed by atoms with Gasteiger partial charge in [0.05, 0.1) is 35.4 Å². The summed E-state index contributed by atoms with van der Waals surface area (Å²) in [5.41, 5.74) is 2.14. The van der Waals surface area contributed by atoms with E-state index in [2.05, 4.69) is 26.3 Å². The highest BCUT2D eigenvalue weighted by Crippen LogP contribution is 2.46. The number of amides is 1. The summed E-state index contributed by atoms with van der Waals surface area (Å²) >= 11 is 0. The first-order valence-electron chi connectivity index (χ1n) is 9.09. The van der Waals surface area contributed by atoms with Crippen molar-refractivity contribution >= 4 is 22.6 Å². The van der Waals surface area contributed by atoms with Gasteiger partial charge in [-0.3, -0.25) is 4.79 Å². The molecule has 0 spiro atoms. The predicted molar refractivity (Wildman–Crippen MR) is 102 cm³/mol. The van der Waals surface area contributed by atoms with Crippen molar-refractivity contribution in [1.82, 2.24) is 19.5 Å². The molecule has 1 aliphatic carbocycles. The molecule has 148 valence electrons. The van der Waals surface area contributed by atoms with Crippen molar-refractivity contribution in [3.8, 4) is 17.3 Å². The first-order chi connectivity index (χ1) is 13.7. The summed E-state index contributed by atoms with van der Waals surface area (Å²) in [6.45, 7) is 3.77. The summed E-state index contributed by atoms with van der Waals surface area (Å²) in [5.74, 6) is -3.74. The minimum Gasteiger partial charge on any atom is -0.341 e. The number of carbonyl (C=O) groups is 1. The lowest BCUT2D eigenvalue weighted by molar-refractivity contribution is -0.114. The largest absolute Gasteiger partial charge is 0.341 e. The van der Waals surface area contributed by atoms with Gasteiger partial charge in [-0.15, -0.1) is 0 Å². The van der Waals surface area contributed by atoms with E-state index in [0.29, 0.717) is 34.6 Å². The maximum atomic E-state index is 13.9. The Morgan fingerprint density at radius 1 is 1.38 bits per heavy atom. The maximum absolute atomic E-state index is 13.9. The molecule has 1 fully saturated rings. The number of nitriles is 1. The van der Waals surface area contributed by atoms with Crippen molar-refractivity contribution in [2.75, 3.05) is 5.32 Å². The van der Waals surface area contributed by atoms with Gasteiger partial charge in [-0.05, 0) is 25.5 Å². The van der Waals surface area contributed by atoms with Crippen molar-refractivity contribution in [2.24, 2.45) is 5.92 Å². The molecule has 0 radical (unpaired) electrons. The van der Waals surface area contributed by atoms with Crippen LogP contribution >= 0.6 is 0 Å². The third-order valence-corrected chi connectivity index (χ3v) is 4.83. The molecule has 1 saturated carbocycles. The highest BCUT2D eigenvalue weighted by molar-refractivity contribution is 5.98. The van der Waals surface area contributed by atoms with Crippen LogP contribution in [0.3, 0.4) is 0 Å². The second-order valence-corrected chi connectivity index (χ2v) is 7.36. The lowest BCUT2D eigenvalue weighted by Gasteiger charge is -2.11. The number of hydrogen-bond acceptors (Lipinski definition) is 5. The van der Waals surface area contributed by atoms with Crippen LogP contribution in [0.5, 0.6) is 0 Å². The number of pyridine rings is 1. The quantitative estimate of drug-likeness (QED) is 0.720. The van der Waals surface area contributed by atoms with Crippen LogP contribution in [0.25, 0.3) is 22.2 Å². The fraction of sp³-hybridized carbons (Fsp3) is 0.350. The van der Waals surface area contributed by atoms with Crippen LogP contribution in [-0.4, -0.2) is 25.4 Å². The van der Waals surface area contributed by atoms with E-state index in [1.807, 2.05) is 10.8 Å². The second-order valence-electron chi connectivity index (χ2n) is 7.36. The van der Waals surface area contributed by atoms with E-state index in [1.165, 1.54) is 6.92 Å². The first kappa shape index (κ1) is 18.9. The van der Waals surface area contributed by atoms with E-state index in [-0.39, 0.29) is 17.9 Å². The van der Waals surface area contributed by atoms with Gasteiger partial charge >= 0.3 is 5.92 Å². The minimum absolute atomic E-state index is 0.000290. The molecule has 7 nitrogen and oxygen atoms in total. The molecule has 3 heterocycles. The van der Waals surface area contributed by atoms with Crippen LogP contribution in [0.15, 0.2) is 24.5 Å². The number of nitrogens with one attached hydrogen (secondary N) is 1. The number of rotatable bonds is 4. The molecule has 1 N–H and O–H groups in total. The van der Waals surface area contributed by atoms with Gasteiger partial charge in [0.2, 0.25) is 5.91 Å². The van der Waals surface area contributed by atoms with Crippen LogP contribution in [0, 0.1) is 24.2 Å². The van der Waals surface area contributed by atoms with Gasteiger partial charge < -0.3 is 9.88 Å². The van der Waals surface area contributed by atoms with E-state index in [0.717, 1.165) is 12.4 Å². The van der Waals surface area contributed by atoms with Crippen molar-refractivity contribution < 1.29 is 13.6 Å². The Balaban J connectivity index is 1.92. The van der Waals surface area contributed by atoms with E-state index in [1.54, 1.807) is 25.3 Å². The number of hydrogen-bond donors (Lipinski definition) is 1. The van der Waals surface area contributed by atoms with Gasteiger partial charge in [0, 0.05) is 36.7 Å². The molecular weight excluding hydrogens is 378 g/mol. The highest BCUT2D eigenvalue weighted by atomic mass is 19.3. The molecule has 1 aliphatic rings. The fourth-order valence-corrected chi connectivity index (χ4v) is 3.41. The Kier molecular flexibility index (Phi) is 4.30. The Hall–Kier alpha value is -3.41. The molecular formula is C20H18F2N6O. The Morgan fingerprint density at radius 3 is 2.76 bits per heavy atom. The summed E-state index contributed by atoms with van der Waals surface area (Å²) in [6, 6.07) is 5.58. The molecule has 29 heavy (non-hydrogen) atoms. The smallest absolute Gasteiger partial charge is 0.303 e. The zero-order valence-electron chi connectivity index (χ0n) is 16.1. The average Bonchev–Trinajstić information content (AvgIpc) is 3.32. The summed E-state index contributed by atoms with van der Waals surface area (Å²) in [7, 11) is 0. The first-order valence-corrected chi connectivity index (χ1v) is 9.09. The molecule has 3 aromatic heterocycles. The summed E-state index contributed by atoms with van der Waals surface area (Å²) in [4.78, 5) is 23.6. The molecule has 1 amide bonds. The molecule has 0 aromatic carbocycles. The van der Waals surface area contributed by atoms with Crippen molar-refractivity contribution in [3.63, 3.8) is 0 Å². The number of aryl methyl sites for hydroxylation is 1. The molecule has 0 bridgehead atoms. The lowest BCUT2D eigenvalue weighted by Crippen LogP contribution is -2.13. The topological polar surface area (TPSA) is 96.5 Å². The second kappa shape index (κ2) is 6.58. The monoisotopic (exact) mass is 396 g/mol. The molecule has 2 atom stereocenters. The third-order valence-electron chi connectivity index (χ3n) is 4.83. The maximum Gasteiger partial charge on any atom is 0.303 e. The van der Waals surface area contributed by atoms with Crippen LogP contribution in [0.1, 0.15) is 37.8 Å². The van der Waals surface area contributed by atoms with Crippen molar-refractivity contribution in [3.05, 3.63) is 36.0 Å². The Morgan fingerprint density at radius 2 is 2.14 bits per heavy atom. The standard InChI is InChI=1S/C20H18F2N6O/c1-10-4-15(27-19(25-10)20(3,21)22)14-9-28(16-5-12(16)7-23)17-8-24-18(6-13(14)17)26-11(2)29/h4,6,8-9,12,16H,5H2,1-3H3,(H,24,26,29). The van der Waals surface area contributed by atoms with Gasteiger partial charge in [-0.2, -0.15) is 14.0 Å².